The van der Waals surface area contributed by atoms with Gasteiger partial charge in [0.15, 0.2) is 0 Å². The summed E-state index contributed by atoms with van der Waals surface area (Å²) in [5.41, 5.74) is 6.20. The summed E-state index contributed by atoms with van der Waals surface area (Å²) in [7, 11) is 0. The van der Waals surface area contributed by atoms with Crippen LogP contribution in [0.25, 0.3) is 0 Å². The molecule has 0 saturated heterocycles. The highest BCUT2D eigenvalue weighted by Gasteiger charge is 2.06. The lowest BCUT2D eigenvalue weighted by atomic mass is 10.1. The Morgan fingerprint density at radius 3 is 2.84 bits per heavy atom. The van der Waals surface area contributed by atoms with Gasteiger partial charge in [0.2, 0.25) is 0 Å². The first kappa shape index (κ1) is 14.9. The van der Waals surface area contributed by atoms with Gasteiger partial charge in [-0.05, 0) is 43.5 Å². The zero-order valence-corrected chi connectivity index (χ0v) is 10.8. The summed E-state index contributed by atoms with van der Waals surface area (Å²) in [6.45, 7) is 2.11. The van der Waals surface area contributed by atoms with E-state index in [2.05, 4.69) is 10.5 Å². The van der Waals surface area contributed by atoms with Gasteiger partial charge < -0.3 is 16.3 Å². The van der Waals surface area contributed by atoms with Gasteiger partial charge in [-0.25, -0.2) is 4.39 Å². The number of rotatable bonds is 6. The monoisotopic (exact) mass is 267 g/mol. The summed E-state index contributed by atoms with van der Waals surface area (Å²) in [6, 6.07) is 4.25. The molecular formula is C13H18FN3O2. The van der Waals surface area contributed by atoms with E-state index < -0.39 is 0 Å². The predicted octanol–water partition coefficient (Wildman–Crippen LogP) is 1.78. The van der Waals surface area contributed by atoms with E-state index in [1.165, 1.54) is 18.2 Å². The van der Waals surface area contributed by atoms with Crippen LogP contribution in [0, 0.1) is 12.7 Å². The third-order valence-corrected chi connectivity index (χ3v) is 2.69. The molecule has 0 saturated carbocycles. The summed E-state index contributed by atoms with van der Waals surface area (Å²) in [4.78, 5) is 11.7. The number of nitrogens with two attached hydrogens (primary N) is 1. The van der Waals surface area contributed by atoms with Gasteiger partial charge in [-0.1, -0.05) is 5.16 Å². The zero-order chi connectivity index (χ0) is 14.3. The lowest BCUT2D eigenvalue weighted by Gasteiger charge is -2.06. The second-order valence-electron chi connectivity index (χ2n) is 4.27. The van der Waals surface area contributed by atoms with E-state index in [0.29, 0.717) is 24.1 Å². The van der Waals surface area contributed by atoms with Crippen molar-refractivity contribution in [2.45, 2.75) is 26.2 Å². The van der Waals surface area contributed by atoms with Crippen molar-refractivity contribution in [2.24, 2.45) is 10.9 Å². The number of amides is 1. The van der Waals surface area contributed by atoms with Crippen molar-refractivity contribution in [2.75, 3.05) is 6.54 Å². The SMILES string of the molecule is Cc1cc(C(=O)NCCCCC(N)=NO)ccc1F. The van der Waals surface area contributed by atoms with Gasteiger partial charge in [0, 0.05) is 18.5 Å². The molecule has 5 nitrogen and oxygen atoms in total. The normalized spacial score (nSPS) is 11.4. The topological polar surface area (TPSA) is 87.7 Å². The molecule has 4 N–H and O–H groups in total. The fourth-order valence-corrected chi connectivity index (χ4v) is 1.57. The van der Waals surface area contributed by atoms with Crippen LogP contribution in [0.15, 0.2) is 23.4 Å². The number of nitrogens with one attached hydrogen (secondary N) is 1. The van der Waals surface area contributed by atoms with Crippen LogP contribution < -0.4 is 11.1 Å². The van der Waals surface area contributed by atoms with Crippen molar-refractivity contribution in [1.82, 2.24) is 5.32 Å². The van der Waals surface area contributed by atoms with E-state index in [0.717, 1.165) is 12.8 Å². The molecule has 1 amide bonds. The quantitative estimate of drug-likeness (QED) is 0.241. The molecule has 0 spiro atoms. The molecule has 0 heterocycles. The van der Waals surface area contributed by atoms with Crippen molar-refractivity contribution in [1.29, 1.82) is 0 Å². The maximum Gasteiger partial charge on any atom is 0.251 e. The maximum absolute atomic E-state index is 13.0. The second-order valence-corrected chi connectivity index (χ2v) is 4.27. The van der Waals surface area contributed by atoms with Crippen LogP contribution in [-0.4, -0.2) is 23.5 Å². The molecule has 0 aliphatic rings. The predicted molar refractivity (Wildman–Crippen MR) is 70.7 cm³/mol. The molecule has 6 heteroatoms. The number of benzene rings is 1. The Bertz CT molecular complexity index is 475. The summed E-state index contributed by atoms with van der Waals surface area (Å²) >= 11 is 0. The summed E-state index contributed by atoms with van der Waals surface area (Å²) in [5.74, 6) is -0.373. The van der Waals surface area contributed by atoms with Crippen molar-refractivity contribution >= 4 is 11.7 Å². The van der Waals surface area contributed by atoms with Crippen LogP contribution in [0.5, 0.6) is 0 Å². The third kappa shape index (κ3) is 4.95. The number of carbonyl (C=O) groups excluding carboxylic acids is 1. The van der Waals surface area contributed by atoms with Crippen LogP contribution in [-0.2, 0) is 0 Å². The number of halogens is 1. The van der Waals surface area contributed by atoms with Gasteiger partial charge in [0.05, 0.1) is 0 Å². The van der Waals surface area contributed by atoms with Gasteiger partial charge >= 0.3 is 0 Å². The molecule has 1 aromatic carbocycles. The molecule has 0 atom stereocenters. The van der Waals surface area contributed by atoms with Crippen molar-refractivity contribution in [3.63, 3.8) is 0 Å². The standard InChI is InChI=1S/C13H18FN3O2/c1-9-8-10(5-6-11(9)14)13(18)16-7-3-2-4-12(15)17-19/h5-6,8,19H,2-4,7H2,1H3,(H2,15,17)(H,16,18). The van der Waals surface area contributed by atoms with Crippen LogP contribution in [0.3, 0.4) is 0 Å². The Kier molecular flexibility index (Phi) is 5.78. The number of aryl methyl sites for hydroxylation is 1. The molecule has 1 rings (SSSR count). The molecule has 0 bridgehead atoms. The average Bonchev–Trinajstić information content (AvgIpc) is 2.40. The van der Waals surface area contributed by atoms with E-state index >= 15 is 0 Å². The van der Waals surface area contributed by atoms with E-state index in [4.69, 9.17) is 10.9 Å². The molecular weight excluding hydrogens is 249 g/mol. The average molecular weight is 267 g/mol. The smallest absolute Gasteiger partial charge is 0.251 e. The number of oxime groups is 1. The van der Waals surface area contributed by atoms with E-state index in [9.17, 15) is 9.18 Å². The number of carbonyl (C=O) groups is 1. The zero-order valence-electron chi connectivity index (χ0n) is 10.8. The Labute approximate surface area is 111 Å². The van der Waals surface area contributed by atoms with Crippen LogP contribution in [0.1, 0.15) is 35.2 Å². The van der Waals surface area contributed by atoms with Crippen molar-refractivity contribution < 1.29 is 14.4 Å². The van der Waals surface area contributed by atoms with Gasteiger partial charge in [-0.2, -0.15) is 0 Å². The van der Waals surface area contributed by atoms with E-state index in [1.54, 1.807) is 6.92 Å². The van der Waals surface area contributed by atoms with Crippen molar-refractivity contribution in [3.8, 4) is 0 Å². The highest BCUT2D eigenvalue weighted by molar-refractivity contribution is 5.94. The fourth-order valence-electron chi connectivity index (χ4n) is 1.57. The van der Waals surface area contributed by atoms with Gasteiger partial charge in [0.25, 0.3) is 5.91 Å². The Hall–Kier alpha value is -2.11. The number of nitrogens with zero attached hydrogens (tertiary/aromatic N) is 1. The third-order valence-electron chi connectivity index (χ3n) is 2.69. The first-order valence-electron chi connectivity index (χ1n) is 6.05. The Morgan fingerprint density at radius 2 is 2.21 bits per heavy atom. The molecule has 0 aliphatic carbocycles. The largest absolute Gasteiger partial charge is 0.409 e. The number of hydrogen-bond donors (Lipinski definition) is 3. The molecule has 104 valence electrons. The maximum atomic E-state index is 13.0. The van der Waals surface area contributed by atoms with Crippen LogP contribution in [0.2, 0.25) is 0 Å². The molecule has 0 aliphatic heterocycles. The van der Waals surface area contributed by atoms with Crippen LogP contribution >= 0.6 is 0 Å². The highest BCUT2D eigenvalue weighted by atomic mass is 19.1. The van der Waals surface area contributed by atoms with E-state index in [-0.39, 0.29) is 17.6 Å². The Balaban J connectivity index is 2.33. The molecule has 1 aromatic rings. The highest BCUT2D eigenvalue weighted by Crippen LogP contribution is 2.09. The first-order chi connectivity index (χ1) is 9.04. The van der Waals surface area contributed by atoms with E-state index in [1.807, 2.05) is 0 Å². The van der Waals surface area contributed by atoms with Gasteiger partial charge in [-0.3, -0.25) is 4.79 Å². The van der Waals surface area contributed by atoms with Crippen molar-refractivity contribution in [3.05, 3.63) is 35.1 Å². The summed E-state index contributed by atoms with van der Waals surface area (Å²) < 4.78 is 13.0. The molecule has 0 unspecified atom stereocenters. The fraction of sp³-hybridized carbons (Fsp3) is 0.385. The number of unbranched alkanes of at least 4 members (excludes halogenated alkanes) is 1. The number of amidine groups is 1. The summed E-state index contributed by atoms with van der Waals surface area (Å²) in [5, 5.41) is 13.9. The second kappa shape index (κ2) is 7.35. The van der Waals surface area contributed by atoms with Gasteiger partial charge in [0.1, 0.15) is 11.7 Å². The summed E-state index contributed by atoms with van der Waals surface area (Å²) in [6.07, 6.45) is 1.93. The number of hydrogen-bond acceptors (Lipinski definition) is 3. The Morgan fingerprint density at radius 1 is 1.47 bits per heavy atom. The minimum atomic E-state index is -0.324. The lowest BCUT2D eigenvalue weighted by molar-refractivity contribution is 0.0953. The first-order valence-corrected chi connectivity index (χ1v) is 6.05. The lowest BCUT2D eigenvalue weighted by Crippen LogP contribution is -2.24. The van der Waals surface area contributed by atoms with Gasteiger partial charge in [-0.15, -0.1) is 0 Å². The molecule has 0 fully saturated rings. The molecule has 0 radical (unpaired) electrons. The minimum Gasteiger partial charge on any atom is -0.409 e. The minimum absolute atomic E-state index is 0.181. The molecule has 19 heavy (non-hydrogen) atoms. The molecule has 0 aromatic heterocycles. The van der Waals surface area contributed by atoms with Crippen LogP contribution in [0.4, 0.5) is 4.39 Å².